The second kappa shape index (κ2) is 6.67. The van der Waals surface area contributed by atoms with Gasteiger partial charge in [-0.15, -0.1) is 0 Å². The van der Waals surface area contributed by atoms with Gasteiger partial charge in [0.05, 0.1) is 5.56 Å². The highest BCUT2D eigenvalue weighted by molar-refractivity contribution is 9.10. The van der Waals surface area contributed by atoms with E-state index in [1.165, 1.54) is 0 Å². The van der Waals surface area contributed by atoms with Crippen molar-refractivity contribution >= 4 is 15.9 Å². The summed E-state index contributed by atoms with van der Waals surface area (Å²) >= 11 is 3.04. The first kappa shape index (κ1) is 16.1. The molecule has 1 N–H and O–H groups in total. The molecule has 0 spiro atoms. The Kier molecular flexibility index (Phi) is 5.12. The minimum Gasteiger partial charge on any atom is -0.383 e. The lowest BCUT2D eigenvalue weighted by Crippen LogP contribution is -2.09. The number of halogens is 3. The van der Waals surface area contributed by atoms with Crippen LogP contribution in [0.1, 0.15) is 42.2 Å². The topological polar surface area (TPSA) is 20.2 Å². The van der Waals surface area contributed by atoms with E-state index in [1.807, 2.05) is 32.0 Å². The molecule has 4 heteroatoms. The molecular weight excluding hydrogens is 338 g/mol. The van der Waals surface area contributed by atoms with E-state index in [0.717, 1.165) is 29.7 Å². The fourth-order valence-corrected chi connectivity index (χ4v) is 2.81. The zero-order valence-electron chi connectivity index (χ0n) is 12.0. The molecule has 21 heavy (non-hydrogen) atoms. The average Bonchev–Trinajstić information content (AvgIpc) is 2.45. The second-order valence-electron chi connectivity index (χ2n) is 4.93. The number of benzene rings is 2. The molecule has 2 rings (SSSR count). The first-order valence-corrected chi connectivity index (χ1v) is 7.71. The molecule has 1 unspecified atom stereocenters. The molecular formula is C17H17BrF2O. The van der Waals surface area contributed by atoms with Crippen molar-refractivity contribution in [3.63, 3.8) is 0 Å². The summed E-state index contributed by atoms with van der Waals surface area (Å²) in [6, 6.07) is 8.04. The summed E-state index contributed by atoms with van der Waals surface area (Å²) < 4.78 is 28.4. The summed E-state index contributed by atoms with van der Waals surface area (Å²) in [5.41, 5.74) is 2.18. The summed E-state index contributed by atoms with van der Waals surface area (Å²) in [6.45, 7) is 3.95. The Labute approximate surface area is 131 Å². The van der Waals surface area contributed by atoms with Crippen molar-refractivity contribution in [1.29, 1.82) is 0 Å². The van der Waals surface area contributed by atoms with Crippen molar-refractivity contribution in [3.8, 4) is 0 Å². The van der Waals surface area contributed by atoms with Gasteiger partial charge in [-0.3, -0.25) is 0 Å². The molecule has 0 bridgehead atoms. The Hall–Kier alpha value is -1.26. The molecule has 1 nitrogen and oxygen atoms in total. The molecule has 2 aromatic rings. The third-order valence-electron chi connectivity index (χ3n) is 3.61. The van der Waals surface area contributed by atoms with Crippen molar-refractivity contribution in [2.24, 2.45) is 0 Å². The van der Waals surface area contributed by atoms with Gasteiger partial charge in [-0.1, -0.05) is 48.0 Å². The smallest absolute Gasteiger partial charge is 0.133 e. The molecule has 2 aromatic carbocycles. The van der Waals surface area contributed by atoms with Crippen LogP contribution in [0.4, 0.5) is 8.78 Å². The SMILES string of the molecule is CCc1ccc(CC)c(C(O)c2c(F)cc(Br)cc2F)c1. The lowest BCUT2D eigenvalue weighted by atomic mass is 9.92. The van der Waals surface area contributed by atoms with Gasteiger partial charge in [-0.2, -0.15) is 0 Å². The summed E-state index contributed by atoms with van der Waals surface area (Å²) in [5, 5.41) is 10.5. The van der Waals surface area contributed by atoms with E-state index in [9.17, 15) is 13.9 Å². The van der Waals surface area contributed by atoms with Gasteiger partial charge in [-0.25, -0.2) is 8.78 Å². The Balaban J connectivity index is 2.56. The van der Waals surface area contributed by atoms with Gasteiger partial charge in [0, 0.05) is 4.47 Å². The molecule has 112 valence electrons. The first-order valence-electron chi connectivity index (χ1n) is 6.92. The van der Waals surface area contributed by atoms with E-state index in [2.05, 4.69) is 15.9 Å². The van der Waals surface area contributed by atoms with Crippen molar-refractivity contribution < 1.29 is 13.9 Å². The minimum absolute atomic E-state index is 0.304. The number of aliphatic hydroxyl groups is 1. The van der Waals surface area contributed by atoms with Crippen LogP contribution in [0.25, 0.3) is 0 Å². The highest BCUT2D eigenvalue weighted by atomic mass is 79.9. The summed E-state index contributed by atoms with van der Waals surface area (Å²) in [4.78, 5) is 0. The maximum atomic E-state index is 14.0. The van der Waals surface area contributed by atoms with Gasteiger partial charge >= 0.3 is 0 Å². The van der Waals surface area contributed by atoms with Crippen LogP contribution in [0.2, 0.25) is 0 Å². The number of rotatable bonds is 4. The number of aliphatic hydroxyl groups excluding tert-OH is 1. The predicted molar refractivity (Wildman–Crippen MR) is 83.3 cm³/mol. The van der Waals surface area contributed by atoms with E-state index in [-0.39, 0.29) is 5.56 Å². The average molecular weight is 355 g/mol. The molecule has 0 aliphatic rings. The molecule has 1 atom stereocenters. The van der Waals surface area contributed by atoms with E-state index < -0.39 is 17.7 Å². The number of hydrogen-bond acceptors (Lipinski definition) is 1. The van der Waals surface area contributed by atoms with Gasteiger partial charge in [0.25, 0.3) is 0 Å². The molecule has 0 aromatic heterocycles. The Morgan fingerprint density at radius 1 is 1.05 bits per heavy atom. The molecule has 0 radical (unpaired) electrons. The highest BCUT2D eigenvalue weighted by Crippen LogP contribution is 2.31. The predicted octanol–water partition coefficient (Wildman–Crippen LogP) is 4.93. The van der Waals surface area contributed by atoms with E-state index in [1.54, 1.807) is 0 Å². The molecule has 0 saturated heterocycles. The summed E-state index contributed by atoms with van der Waals surface area (Å²) in [5.74, 6) is -1.50. The van der Waals surface area contributed by atoms with Crippen LogP contribution in [0.15, 0.2) is 34.8 Å². The normalized spacial score (nSPS) is 12.5. The van der Waals surface area contributed by atoms with Crippen LogP contribution in [-0.2, 0) is 12.8 Å². The van der Waals surface area contributed by atoms with E-state index >= 15 is 0 Å². The largest absolute Gasteiger partial charge is 0.383 e. The Morgan fingerprint density at radius 2 is 1.67 bits per heavy atom. The monoisotopic (exact) mass is 354 g/mol. The van der Waals surface area contributed by atoms with E-state index in [0.29, 0.717) is 16.5 Å². The van der Waals surface area contributed by atoms with Crippen molar-refractivity contribution in [2.75, 3.05) is 0 Å². The maximum Gasteiger partial charge on any atom is 0.133 e. The lowest BCUT2D eigenvalue weighted by Gasteiger charge is -2.18. The molecule has 0 aliphatic carbocycles. The third kappa shape index (κ3) is 3.33. The van der Waals surface area contributed by atoms with Crippen LogP contribution < -0.4 is 0 Å². The summed E-state index contributed by atoms with van der Waals surface area (Å²) in [6.07, 6.45) is 0.185. The standard InChI is InChI=1S/C17H17BrF2O/c1-3-10-5-6-11(4-2)13(7-10)17(21)16-14(19)8-12(18)9-15(16)20/h5-9,17,21H,3-4H2,1-2H3. The molecule has 0 saturated carbocycles. The van der Waals surface area contributed by atoms with Crippen molar-refractivity contribution in [3.05, 3.63) is 68.7 Å². The van der Waals surface area contributed by atoms with Gasteiger partial charge in [0.15, 0.2) is 0 Å². The number of hydrogen-bond donors (Lipinski definition) is 1. The van der Waals surface area contributed by atoms with Gasteiger partial charge in [0.1, 0.15) is 17.7 Å². The Morgan fingerprint density at radius 3 is 2.19 bits per heavy atom. The van der Waals surface area contributed by atoms with Gasteiger partial charge in [0.2, 0.25) is 0 Å². The maximum absolute atomic E-state index is 14.0. The fraction of sp³-hybridized carbons (Fsp3) is 0.294. The second-order valence-corrected chi connectivity index (χ2v) is 5.84. The van der Waals surface area contributed by atoms with E-state index in [4.69, 9.17) is 0 Å². The molecule has 0 amide bonds. The molecule has 0 heterocycles. The lowest BCUT2D eigenvalue weighted by molar-refractivity contribution is 0.208. The third-order valence-corrected chi connectivity index (χ3v) is 4.07. The quantitative estimate of drug-likeness (QED) is 0.824. The molecule has 0 fully saturated rings. The van der Waals surface area contributed by atoms with Crippen LogP contribution in [0, 0.1) is 11.6 Å². The minimum atomic E-state index is -1.31. The van der Waals surface area contributed by atoms with Crippen LogP contribution >= 0.6 is 15.9 Å². The van der Waals surface area contributed by atoms with Crippen LogP contribution in [0.5, 0.6) is 0 Å². The zero-order chi connectivity index (χ0) is 15.6. The zero-order valence-corrected chi connectivity index (χ0v) is 13.5. The van der Waals surface area contributed by atoms with Crippen LogP contribution in [-0.4, -0.2) is 5.11 Å². The van der Waals surface area contributed by atoms with Crippen molar-refractivity contribution in [2.45, 2.75) is 32.8 Å². The highest BCUT2D eigenvalue weighted by Gasteiger charge is 2.22. The first-order chi connectivity index (χ1) is 9.97. The summed E-state index contributed by atoms with van der Waals surface area (Å²) in [7, 11) is 0. The Bertz CT molecular complexity index is 632. The fourth-order valence-electron chi connectivity index (χ4n) is 2.41. The number of aryl methyl sites for hydroxylation is 2. The van der Waals surface area contributed by atoms with Gasteiger partial charge < -0.3 is 5.11 Å². The van der Waals surface area contributed by atoms with Crippen LogP contribution in [0.3, 0.4) is 0 Å². The van der Waals surface area contributed by atoms with Crippen molar-refractivity contribution in [1.82, 2.24) is 0 Å². The van der Waals surface area contributed by atoms with Gasteiger partial charge in [-0.05, 0) is 41.7 Å². The molecule has 0 aliphatic heterocycles.